The Morgan fingerprint density at radius 1 is 1.12 bits per heavy atom. The fourth-order valence-corrected chi connectivity index (χ4v) is 3.78. The van der Waals surface area contributed by atoms with E-state index < -0.39 is 6.17 Å². The van der Waals surface area contributed by atoms with Gasteiger partial charge in [-0.25, -0.2) is 0 Å². The molecule has 24 heavy (non-hydrogen) atoms. The molecule has 1 saturated heterocycles. The first-order valence-corrected chi connectivity index (χ1v) is 9.31. The van der Waals surface area contributed by atoms with Gasteiger partial charge in [-0.1, -0.05) is 43.3 Å². The van der Waals surface area contributed by atoms with Crippen molar-refractivity contribution in [2.24, 2.45) is 5.92 Å². The average Bonchev–Trinajstić information content (AvgIpc) is 3.15. The van der Waals surface area contributed by atoms with E-state index in [1.54, 1.807) is 6.07 Å². The molecule has 3 rings (SSSR count). The maximum atomic E-state index is 13.0. The molecule has 2 N–H and O–H groups in total. The SMILES string of the molecule is CC1CC[NH+](C(NC(=O)c2cccs2)C(=O)c2ccccc2)CC1. The fraction of sp³-hybridized carbons (Fsp3) is 0.368. The molecule has 0 radical (unpaired) electrons. The number of likely N-dealkylation sites (tertiary alicyclic amines) is 1. The molecule has 1 unspecified atom stereocenters. The van der Waals surface area contributed by atoms with Crippen LogP contribution in [0.2, 0.25) is 0 Å². The molecule has 0 saturated carbocycles. The number of rotatable bonds is 5. The Balaban J connectivity index is 1.80. The van der Waals surface area contributed by atoms with E-state index in [4.69, 9.17) is 0 Å². The van der Waals surface area contributed by atoms with E-state index in [0.717, 1.165) is 30.8 Å². The number of quaternary nitrogens is 1. The summed E-state index contributed by atoms with van der Waals surface area (Å²) in [6.07, 6.45) is 1.65. The zero-order valence-electron chi connectivity index (χ0n) is 13.8. The summed E-state index contributed by atoms with van der Waals surface area (Å²) in [5.74, 6) is 0.518. The minimum absolute atomic E-state index is 0.00920. The monoisotopic (exact) mass is 343 g/mol. The van der Waals surface area contributed by atoms with Crippen LogP contribution in [-0.4, -0.2) is 30.9 Å². The number of hydrogen-bond acceptors (Lipinski definition) is 3. The third kappa shape index (κ3) is 3.91. The van der Waals surface area contributed by atoms with Crippen molar-refractivity contribution in [2.45, 2.75) is 25.9 Å². The molecule has 1 amide bonds. The van der Waals surface area contributed by atoms with Crippen molar-refractivity contribution < 1.29 is 14.5 Å². The fourth-order valence-electron chi connectivity index (χ4n) is 3.15. The topological polar surface area (TPSA) is 50.6 Å². The summed E-state index contributed by atoms with van der Waals surface area (Å²) < 4.78 is 0. The predicted octanol–water partition coefficient (Wildman–Crippen LogP) is 2.00. The van der Waals surface area contributed by atoms with Gasteiger partial charge in [-0.3, -0.25) is 14.9 Å². The zero-order chi connectivity index (χ0) is 16.9. The Morgan fingerprint density at radius 3 is 2.46 bits per heavy atom. The molecular weight excluding hydrogens is 320 g/mol. The second-order valence-corrected chi connectivity index (χ2v) is 7.40. The van der Waals surface area contributed by atoms with Crippen molar-refractivity contribution >= 4 is 23.0 Å². The normalized spacial score (nSPS) is 21.9. The number of nitrogens with one attached hydrogen (secondary N) is 2. The first kappa shape index (κ1) is 16.9. The van der Waals surface area contributed by atoms with Crippen LogP contribution < -0.4 is 10.2 Å². The summed E-state index contributed by atoms with van der Waals surface area (Å²) in [6, 6.07) is 12.9. The molecular formula is C19H23N2O2S+. The zero-order valence-corrected chi connectivity index (χ0v) is 14.6. The van der Waals surface area contributed by atoms with Gasteiger partial charge in [0.2, 0.25) is 11.9 Å². The quantitative estimate of drug-likeness (QED) is 0.816. The lowest BCUT2D eigenvalue weighted by Gasteiger charge is -2.33. The highest BCUT2D eigenvalue weighted by atomic mass is 32.1. The number of piperidine rings is 1. The highest BCUT2D eigenvalue weighted by Crippen LogP contribution is 2.11. The van der Waals surface area contributed by atoms with Gasteiger partial charge in [0.15, 0.2) is 0 Å². The number of benzene rings is 1. The molecule has 1 aliphatic rings. The van der Waals surface area contributed by atoms with E-state index in [9.17, 15) is 9.59 Å². The molecule has 4 nitrogen and oxygen atoms in total. The Kier molecular flexibility index (Phi) is 5.43. The van der Waals surface area contributed by atoms with Gasteiger partial charge in [-0.15, -0.1) is 11.3 Å². The van der Waals surface area contributed by atoms with Crippen LogP contribution in [0.25, 0.3) is 0 Å². The van der Waals surface area contributed by atoms with Gasteiger partial charge < -0.3 is 4.90 Å². The van der Waals surface area contributed by atoms with E-state index in [-0.39, 0.29) is 11.7 Å². The molecule has 2 aromatic rings. The second kappa shape index (κ2) is 7.73. The number of ketones is 1. The third-order valence-electron chi connectivity index (χ3n) is 4.67. The van der Waals surface area contributed by atoms with Gasteiger partial charge >= 0.3 is 0 Å². The Hall–Kier alpha value is -1.98. The van der Waals surface area contributed by atoms with E-state index in [0.29, 0.717) is 16.4 Å². The Bertz CT molecular complexity index is 677. The first-order valence-electron chi connectivity index (χ1n) is 8.43. The highest BCUT2D eigenvalue weighted by Gasteiger charge is 2.34. The van der Waals surface area contributed by atoms with Crippen molar-refractivity contribution in [3.8, 4) is 0 Å². The summed E-state index contributed by atoms with van der Waals surface area (Å²) in [7, 11) is 0. The van der Waals surface area contributed by atoms with Gasteiger partial charge in [0.1, 0.15) is 0 Å². The lowest BCUT2D eigenvalue weighted by Crippen LogP contribution is -3.19. The van der Waals surface area contributed by atoms with Gasteiger partial charge in [0, 0.05) is 5.56 Å². The minimum Gasteiger partial charge on any atom is -0.309 e. The molecule has 1 atom stereocenters. The largest absolute Gasteiger partial charge is 0.309 e. The summed E-state index contributed by atoms with van der Waals surface area (Å²) in [4.78, 5) is 27.3. The maximum Gasteiger partial charge on any atom is 0.266 e. The first-order chi connectivity index (χ1) is 11.6. The Labute approximate surface area is 146 Å². The van der Waals surface area contributed by atoms with Crippen molar-refractivity contribution in [2.75, 3.05) is 13.1 Å². The molecule has 1 aromatic carbocycles. The number of carbonyl (C=O) groups excluding carboxylic acids is 2. The van der Waals surface area contributed by atoms with Crippen molar-refractivity contribution in [3.63, 3.8) is 0 Å². The average molecular weight is 343 g/mol. The van der Waals surface area contributed by atoms with Gasteiger partial charge in [-0.2, -0.15) is 0 Å². The molecule has 0 aliphatic carbocycles. The lowest BCUT2D eigenvalue weighted by molar-refractivity contribution is -0.923. The predicted molar refractivity (Wildman–Crippen MR) is 95.4 cm³/mol. The Morgan fingerprint density at radius 2 is 1.83 bits per heavy atom. The van der Waals surface area contributed by atoms with E-state index >= 15 is 0 Å². The van der Waals surface area contributed by atoms with Crippen LogP contribution in [0.1, 0.15) is 39.8 Å². The van der Waals surface area contributed by atoms with Crippen LogP contribution in [0.3, 0.4) is 0 Å². The van der Waals surface area contributed by atoms with E-state index in [1.807, 2.05) is 41.8 Å². The van der Waals surface area contributed by atoms with E-state index in [1.165, 1.54) is 11.3 Å². The van der Waals surface area contributed by atoms with Crippen LogP contribution in [0.4, 0.5) is 0 Å². The molecule has 1 fully saturated rings. The third-order valence-corrected chi connectivity index (χ3v) is 5.53. The molecule has 0 spiro atoms. The number of thiophene rings is 1. The minimum atomic E-state index is -0.519. The molecule has 0 bridgehead atoms. The summed E-state index contributed by atoms with van der Waals surface area (Å²) in [6.45, 7) is 4.07. The van der Waals surface area contributed by atoms with Gasteiger partial charge in [0.05, 0.1) is 18.0 Å². The highest BCUT2D eigenvalue weighted by molar-refractivity contribution is 7.12. The molecule has 2 heterocycles. The second-order valence-electron chi connectivity index (χ2n) is 6.45. The van der Waals surface area contributed by atoms with Gasteiger partial charge in [0.25, 0.3) is 5.91 Å². The maximum absolute atomic E-state index is 13.0. The standard InChI is InChI=1S/C19H22N2O2S/c1-14-9-11-21(12-10-14)18(17(22)15-6-3-2-4-7-15)20-19(23)16-8-5-13-24-16/h2-8,13-14,18H,9-12H2,1H3,(H,20,23)/p+1. The lowest BCUT2D eigenvalue weighted by atomic mass is 9.97. The molecule has 5 heteroatoms. The number of Topliss-reactive ketones (excluding diaryl/α,β-unsaturated/α-hetero) is 1. The summed E-state index contributed by atoms with van der Waals surface area (Å²) in [5, 5.41) is 4.86. The van der Waals surface area contributed by atoms with Crippen LogP contribution in [0.15, 0.2) is 47.8 Å². The number of hydrogen-bond donors (Lipinski definition) is 2. The van der Waals surface area contributed by atoms with E-state index in [2.05, 4.69) is 12.2 Å². The van der Waals surface area contributed by atoms with Crippen LogP contribution in [-0.2, 0) is 0 Å². The molecule has 1 aromatic heterocycles. The number of carbonyl (C=O) groups is 2. The molecule has 1 aliphatic heterocycles. The van der Waals surface area contributed by atoms with Crippen LogP contribution >= 0.6 is 11.3 Å². The van der Waals surface area contributed by atoms with Crippen LogP contribution in [0.5, 0.6) is 0 Å². The van der Waals surface area contributed by atoms with Gasteiger partial charge in [-0.05, 0) is 30.2 Å². The van der Waals surface area contributed by atoms with Crippen molar-refractivity contribution in [3.05, 3.63) is 58.3 Å². The van der Waals surface area contributed by atoms with Crippen LogP contribution in [0, 0.1) is 5.92 Å². The van der Waals surface area contributed by atoms with Crippen molar-refractivity contribution in [1.82, 2.24) is 5.32 Å². The summed E-state index contributed by atoms with van der Waals surface area (Å²) in [5.41, 5.74) is 0.653. The van der Waals surface area contributed by atoms with Crippen molar-refractivity contribution in [1.29, 1.82) is 0 Å². The smallest absolute Gasteiger partial charge is 0.266 e. The molecule has 126 valence electrons. The summed E-state index contributed by atoms with van der Waals surface area (Å²) >= 11 is 1.39. The number of amides is 1.